The Morgan fingerprint density at radius 2 is 2.06 bits per heavy atom. The zero-order valence-electron chi connectivity index (χ0n) is 9.10. The molecule has 0 bridgehead atoms. The largest absolute Gasteiger partial charge is 0.488 e. The van der Waals surface area contributed by atoms with Crippen LogP contribution in [0.25, 0.3) is 0 Å². The molecule has 0 radical (unpaired) electrons. The Morgan fingerprint density at radius 3 is 2.62 bits per heavy atom. The number of halogens is 1. The SMILES string of the molecule is C[C@H](CNS(C)(=O)=O)Oc1ccccc1Br. The Hall–Kier alpha value is -0.590. The molecule has 0 spiro atoms. The molecule has 0 unspecified atom stereocenters. The molecule has 0 saturated heterocycles. The van der Waals surface area contributed by atoms with Crippen LogP contribution in [-0.4, -0.2) is 27.3 Å². The first-order chi connectivity index (χ1) is 7.38. The number of sulfonamides is 1. The average Bonchev–Trinajstić information content (AvgIpc) is 2.18. The molecule has 0 heterocycles. The molecule has 0 fully saturated rings. The van der Waals surface area contributed by atoms with Crippen molar-refractivity contribution in [3.8, 4) is 5.75 Å². The number of rotatable bonds is 5. The normalized spacial score (nSPS) is 13.4. The summed E-state index contributed by atoms with van der Waals surface area (Å²) in [4.78, 5) is 0. The summed E-state index contributed by atoms with van der Waals surface area (Å²) in [5.41, 5.74) is 0. The second-order valence-electron chi connectivity index (χ2n) is 3.48. The van der Waals surface area contributed by atoms with Gasteiger partial charge in [0, 0.05) is 6.54 Å². The molecule has 16 heavy (non-hydrogen) atoms. The van der Waals surface area contributed by atoms with Gasteiger partial charge in [-0.3, -0.25) is 0 Å². The van der Waals surface area contributed by atoms with E-state index in [1.165, 1.54) is 0 Å². The molecule has 0 amide bonds. The van der Waals surface area contributed by atoms with E-state index in [4.69, 9.17) is 4.74 Å². The molecule has 1 N–H and O–H groups in total. The lowest BCUT2D eigenvalue weighted by atomic mass is 10.3. The molecule has 1 aromatic rings. The van der Waals surface area contributed by atoms with E-state index in [2.05, 4.69) is 20.7 Å². The van der Waals surface area contributed by atoms with Crippen molar-refractivity contribution in [2.75, 3.05) is 12.8 Å². The molecule has 1 atom stereocenters. The van der Waals surface area contributed by atoms with Crippen LogP contribution in [0.2, 0.25) is 0 Å². The quantitative estimate of drug-likeness (QED) is 0.902. The standard InChI is InChI=1S/C10H14BrNO3S/c1-8(7-12-16(2,13)14)15-10-6-4-3-5-9(10)11/h3-6,8,12H,7H2,1-2H3/t8-/m1/s1. The van der Waals surface area contributed by atoms with Crippen LogP contribution in [0.4, 0.5) is 0 Å². The van der Waals surface area contributed by atoms with Gasteiger partial charge in [0.2, 0.25) is 10.0 Å². The highest BCUT2D eigenvalue weighted by molar-refractivity contribution is 9.10. The summed E-state index contributed by atoms with van der Waals surface area (Å²) in [5, 5.41) is 0. The van der Waals surface area contributed by atoms with Crippen LogP contribution >= 0.6 is 15.9 Å². The summed E-state index contributed by atoms with van der Waals surface area (Å²) in [6.45, 7) is 2.05. The van der Waals surface area contributed by atoms with Crippen molar-refractivity contribution in [3.63, 3.8) is 0 Å². The minimum Gasteiger partial charge on any atom is -0.488 e. The topological polar surface area (TPSA) is 55.4 Å². The van der Waals surface area contributed by atoms with Crippen molar-refractivity contribution in [2.24, 2.45) is 0 Å². The fourth-order valence-corrected chi connectivity index (χ4v) is 1.98. The minimum absolute atomic E-state index is 0.228. The first-order valence-electron chi connectivity index (χ1n) is 4.74. The van der Waals surface area contributed by atoms with Gasteiger partial charge < -0.3 is 4.74 Å². The highest BCUT2D eigenvalue weighted by Crippen LogP contribution is 2.24. The Bertz CT molecular complexity index is 447. The zero-order valence-corrected chi connectivity index (χ0v) is 11.5. The number of para-hydroxylation sites is 1. The number of nitrogens with one attached hydrogen (secondary N) is 1. The maximum Gasteiger partial charge on any atom is 0.208 e. The molecule has 0 aliphatic rings. The summed E-state index contributed by atoms with van der Waals surface area (Å²) >= 11 is 3.35. The Morgan fingerprint density at radius 1 is 1.44 bits per heavy atom. The van der Waals surface area contributed by atoms with E-state index in [1.54, 1.807) is 6.92 Å². The van der Waals surface area contributed by atoms with Gasteiger partial charge in [0.25, 0.3) is 0 Å². The van der Waals surface area contributed by atoms with Crippen molar-refractivity contribution < 1.29 is 13.2 Å². The predicted octanol–water partition coefficient (Wildman–Crippen LogP) is 1.77. The third-order valence-corrected chi connectivity index (χ3v) is 3.14. The fraction of sp³-hybridized carbons (Fsp3) is 0.400. The lowest BCUT2D eigenvalue weighted by molar-refractivity contribution is 0.223. The molecule has 0 aliphatic heterocycles. The summed E-state index contributed by atoms with van der Waals surface area (Å²) < 4.78 is 30.6. The summed E-state index contributed by atoms with van der Waals surface area (Å²) in [7, 11) is -3.16. The van der Waals surface area contributed by atoms with Crippen LogP contribution < -0.4 is 9.46 Å². The van der Waals surface area contributed by atoms with Crippen molar-refractivity contribution >= 4 is 26.0 Å². The molecular weight excluding hydrogens is 294 g/mol. The lowest BCUT2D eigenvalue weighted by Gasteiger charge is -2.15. The third kappa shape index (κ3) is 4.96. The van der Waals surface area contributed by atoms with E-state index in [0.29, 0.717) is 5.75 Å². The van der Waals surface area contributed by atoms with E-state index < -0.39 is 10.0 Å². The third-order valence-electron chi connectivity index (χ3n) is 1.80. The number of hydrogen-bond donors (Lipinski definition) is 1. The van der Waals surface area contributed by atoms with Gasteiger partial charge in [0.15, 0.2) is 0 Å². The average molecular weight is 308 g/mol. The maximum absolute atomic E-state index is 10.9. The second-order valence-corrected chi connectivity index (χ2v) is 6.17. The van der Waals surface area contributed by atoms with Gasteiger partial charge >= 0.3 is 0 Å². The van der Waals surface area contributed by atoms with E-state index in [-0.39, 0.29) is 12.6 Å². The molecule has 1 aromatic carbocycles. The summed E-state index contributed by atoms with van der Waals surface area (Å²) in [5.74, 6) is 0.699. The molecule has 1 rings (SSSR count). The van der Waals surface area contributed by atoms with Crippen LogP contribution in [-0.2, 0) is 10.0 Å². The van der Waals surface area contributed by atoms with Crippen molar-refractivity contribution in [3.05, 3.63) is 28.7 Å². The first kappa shape index (κ1) is 13.5. The van der Waals surface area contributed by atoms with Gasteiger partial charge in [0.1, 0.15) is 11.9 Å². The molecular formula is C10H14BrNO3S. The van der Waals surface area contributed by atoms with Gasteiger partial charge in [0.05, 0.1) is 10.7 Å². The molecule has 6 heteroatoms. The number of benzene rings is 1. The Balaban J connectivity index is 2.52. The van der Waals surface area contributed by atoms with E-state index >= 15 is 0 Å². The lowest BCUT2D eigenvalue weighted by Crippen LogP contribution is -2.32. The summed E-state index contributed by atoms with van der Waals surface area (Å²) in [6.07, 6.45) is 0.895. The Kier molecular flexibility index (Phi) is 4.76. The first-order valence-corrected chi connectivity index (χ1v) is 7.43. The van der Waals surface area contributed by atoms with Crippen molar-refractivity contribution in [1.29, 1.82) is 0 Å². The zero-order chi connectivity index (χ0) is 12.2. The summed E-state index contributed by atoms with van der Waals surface area (Å²) in [6, 6.07) is 7.43. The van der Waals surface area contributed by atoms with Crippen LogP contribution in [0.5, 0.6) is 5.75 Å². The fourth-order valence-electron chi connectivity index (χ4n) is 1.07. The van der Waals surface area contributed by atoms with Crippen LogP contribution in [0, 0.1) is 0 Å². The molecule has 90 valence electrons. The molecule has 0 saturated carbocycles. The van der Waals surface area contributed by atoms with E-state index in [1.807, 2.05) is 24.3 Å². The van der Waals surface area contributed by atoms with Gasteiger partial charge in [-0.1, -0.05) is 12.1 Å². The Labute approximate surface area is 104 Å². The van der Waals surface area contributed by atoms with Gasteiger partial charge in [-0.15, -0.1) is 0 Å². The monoisotopic (exact) mass is 307 g/mol. The van der Waals surface area contributed by atoms with Gasteiger partial charge in [-0.05, 0) is 35.0 Å². The van der Waals surface area contributed by atoms with Crippen LogP contribution in [0.15, 0.2) is 28.7 Å². The van der Waals surface area contributed by atoms with Gasteiger partial charge in [-0.25, -0.2) is 13.1 Å². The molecule has 0 aliphatic carbocycles. The maximum atomic E-state index is 10.9. The van der Waals surface area contributed by atoms with Crippen molar-refractivity contribution in [1.82, 2.24) is 4.72 Å². The van der Waals surface area contributed by atoms with E-state index in [0.717, 1.165) is 10.7 Å². The highest BCUT2D eigenvalue weighted by atomic mass is 79.9. The van der Waals surface area contributed by atoms with E-state index in [9.17, 15) is 8.42 Å². The van der Waals surface area contributed by atoms with Gasteiger partial charge in [-0.2, -0.15) is 0 Å². The predicted molar refractivity (Wildman–Crippen MR) is 67.1 cm³/mol. The molecule has 0 aromatic heterocycles. The number of ether oxygens (including phenoxy) is 1. The van der Waals surface area contributed by atoms with Crippen molar-refractivity contribution in [2.45, 2.75) is 13.0 Å². The number of hydrogen-bond acceptors (Lipinski definition) is 3. The van der Waals surface area contributed by atoms with Crippen LogP contribution in [0.1, 0.15) is 6.92 Å². The highest BCUT2D eigenvalue weighted by Gasteiger charge is 2.09. The van der Waals surface area contributed by atoms with Crippen LogP contribution in [0.3, 0.4) is 0 Å². The second kappa shape index (κ2) is 5.65. The molecule has 4 nitrogen and oxygen atoms in total. The smallest absolute Gasteiger partial charge is 0.208 e. The minimum atomic E-state index is -3.16.